The highest BCUT2D eigenvalue weighted by molar-refractivity contribution is 5.30. The third-order valence-corrected chi connectivity index (χ3v) is 3.83. The first-order valence-electron chi connectivity index (χ1n) is 7.49. The molecule has 2 heterocycles. The molecule has 0 aliphatic carbocycles. The lowest BCUT2D eigenvalue weighted by Gasteiger charge is -2.26. The van der Waals surface area contributed by atoms with Gasteiger partial charge in [-0.2, -0.15) is 0 Å². The van der Waals surface area contributed by atoms with Crippen molar-refractivity contribution in [1.29, 1.82) is 0 Å². The molecule has 4 heteroatoms. The first-order chi connectivity index (χ1) is 9.60. The van der Waals surface area contributed by atoms with Crippen LogP contribution < -0.4 is 14.8 Å². The number of nitrogens with one attached hydrogen (secondary N) is 1. The summed E-state index contributed by atoms with van der Waals surface area (Å²) in [4.78, 5) is 4.39. The van der Waals surface area contributed by atoms with Crippen LogP contribution in [0.25, 0.3) is 0 Å². The summed E-state index contributed by atoms with van der Waals surface area (Å²) >= 11 is 0. The van der Waals surface area contributed by atoms with E-state index >= 15 is 0 Å². The fourth-order valence-electron chi connectivity index (χ4n) is 2.72. The number of aryl methyl sites for hydroxylation is 1. The minimum atomic E-state index is 0.263. The van der Waals surface area contributed by atoms with E-state index in [9.17, 15) is 0 Å². The molecule has 4 nitrogen and oxygen atoms in total. The van der Waals surface area contributed by atoms with E-state index in [4.69, 9.17) is 9.47 Å². The van der Waals surface area contributed by atoms with Gasteiger partial charge in [0.1, 0.15) is 11.9 Å². The normalized spacial score (nSPS) is 20.1. The third kappa shape index (κ3) is 3.85. The van der Waals surface area contributed by atoms with Gasteiger partial charge in [-0.15, -0.1) is 0 Å². The van der Waals surface area contributed by atoms with Crippen molar-refractivity contribution in [2.45, 2.75) is 39.7 Å². The summed E-state index contributed by atoms with van der Waals surface area (Å²) in [7, 11) is 1.63. The summed E-state index contributed by atoms with van der Waals surface area (Å²) in [5, 5.41) is 3.43. The molecule has 1 aromatic rings. The minimum Gasteiger partial charge on any atom is -0.488 e. The largest absolute Gasteiger partial charge is 0.488 e. The molecule has 2 atom stereocenters. The summed E-state index contributed by atoms with van der Waals surface area (Å²) in [6, 6.07) is 3.83. The minimum absolute atomic E-state index is 0.263. The lowest BCUT2D eigenvalue weighted by molar-refractivity contribution is 0.118. The number of ether oxygens (including phenoxy) is 2. The highest BCUT2D eigenvalue weighted by Crippen LogP contribution is 2.27. The van der Waals surface area contributed by atoms with Crippen molar-refractivity contribution < 1.29 is 9.47 Å². The summed E-state index contributed by atoms with van der Waals surface area (Å²) in [5.74, 6) is 2.74. The number of hydrogen-bond acceptors (Lipinski definition) is 4. The molecule has 1 aliphatic heterocycles. The molecule has 0 radical (unpaired) electrons. The van der Waals surface area contributed by atoms with Gasteiger partial charge < -0.3 is 14.8 Å². The molecule has 0 aromatic carbocycles. The lowest BCUT2D eigenvalue weighted by atomic mass is 9.93. The molecule has 1 aromatic heterocycles. The Morgan fingerprint density at radius 1 is 1.40 bits per heavy atom. The van der Waals surface area contributed by atoms with Crippen LogP contribution in [0.15, 0.2) is 12.1 Å². The zero-order valence-electron chi connectivity index (χ0n) is 13.0. The highest BCUT2D eigenvalue weighted by atomic mass is 16.5. The number of pyridine rings is 1. The molecular formula is C16H26N2O2. The predicted molar refractivity (Wildman–Crippen MR) is 80.4 cm³/mol. The SMILES string of the molecule is COc1ccc(O[C@H](CC(C)C)[C@H]2CCNC2)c(C)n1. The van der Waals surface area contributed by atoms with Crippen LogP contribution in [-0.2, 0) is 0 Å². The topological polar surface area (TPSA) is 43.4 Å². The Bertz CT molecular complexity index is 428. The van der Waals surface area contributed by atoms with Crippen molar-refractivity contribution in [3.8, 4) is 11.6 Å². The second-order valence-corrected chi connectivity index (χ2v) is 5.98. The highest BCUT2D eigenvalue weighted by Gasteiger charge is 2.27. The van der Waals surface area contributed by atoms with E-state index in [1.54, 1.807) is 7.11 Å². The zero-order chi connectivity index (χ0) is 14.5. The van der Waals surface area contributed by atoms with Crippen molar-refractivity contribution >= 4 is 0 Å². The van der Waals surface area contributed by atoms with Crippen molar-refractivity contribution in [3.63, 3.8) is 0 Å². The van der Waals surface area contributed by atoms with Crippen LogP contribution in [0.1, 0.15) is 32.4 Å². The van der Waals surface area contributed by atoms with Gasteiger partial charge in [0, 0.05) is 18.5 Å². The Morgan fingerprint density at radius 2 is 2.20 bits per heavy atom. The van der Waals surface area contributed by atoms with Crippen LogP contribution in [-0.4, -0.2) is 31.3 Å². The maximum Gasteiger partial charge on any atom is 0.213 e. The average Bonchev–Trinajstić information content (AvgIpc) is 2.93. The van der Waals surface area contributed by atoms with Crippen LogP contribution in [0, 0.1) is 18.8 Å². The van der Waals surface area contributed by atoms with Gasteiger partial charge in [0.2, 0.25) is 5.88 Å². The van der Waals surface area contributed by atoms with Crippen LogP contribution in [0.5, 0.6) is 11.6 Å². The second-order valence-electron chi connectivity index (χ2n) is 5.98. The van der Waals surface area contributed by atoms with Crippen LogP contribution in [0.2, 0.25) is 0 Å². The molecule has 112 valence electrons. The molecule has 20 heavy (non-hydrogen) atoms. The summed E-state index contributed by atoms with van der Waals surface area (Å²) in [6.45, 7) is 8.62. The van der Waals surface area contributed by atoms with Gasteiger partial charge >= 0.3 is 0 Å². The first-order valence-corrected chi connectivity index (χ1v) is 7.49. The van der Waals surface area contributed by atoms with Crippen LogP contribution in [0.4, 0.5) is 0 Å². The van der Waals surface area contributed by atoms with Crippen molar-refractivity contribution in [2.24, 2.45) is 11.8 Å². The zero-order valence-corrected chi connectivity index (χ0v) is 13.0. The van der Waals surface area contributed by atoms with Crippen LogP contribution >= 0.6 is 0 Å². The number of hydrogen-bond donors (Lipinski definition) is 1. The predicted octanol–water partition coefficient (Wildman–Crippen LogP) is 2.80. The molecule has 0 saturated carbocycles. The molecule has 1 aliphatic rings. The molecule has 1 fully saturated rings. The molecule has 0 bridgehead atoms. The van der Waals surface area contributed by atoms with Gasteiger partial charge in [0.25, 0.3) is 0 Å². The molecule has 1 saturated heterocycles. The van der Waals surface area contributed by atoms with Gasteiger partial charge in [-0.1, -0.05) is 13.8 Å². The molecule has 0 spiro atoms. The number of rotatable bonds is 6. The Hall–Kier alpha value is -1.29. The van der Waals surface area contributed by atoms with E-state index in [0.29, 0.717) is 17.7 Å². The molecule has 2 rings (SSSR count). The monoisotopic (exact) mass is 278 g/mol. The number of methoxy groups -OCH3 is 1. The van der Waals surface area contributed by atoms with Crippen molar-refractivity contribution in [3.05, 3.63) is 17.8 Å². The summed E-state index contributed by atoms with van der Waals surface area (Å²) in [5.41, 5.74) is 0.893. The van der Waals surface area contributed by atoms with E-state index in [2.05, 4.69) is 24.1 Å². The Labute approximate surface area is 121 Å². The molecule has 0 unspecified atom stereocenters. The average molecular weight is 278 g/mol. The summed E-state index contributed by atoms with van der Waals surface area (Å²) in [6.07, 6.45) is 2.54. The third-order valence-electron chi connectivity index (χ3n) is 3.83. The fourth-order valence-corrected chi connectivity index (χ4v) is 2.72. The maximum absolute atomic E-state index is 6.28. The number of aromatic nitrogens is 1. The van der Waals surface area contributed by atoms with E-state index in [1.807, 2.05) is 19.1 Å². The van der Waals surface area contributed by atoms with E-state index in [0.717, 1.165) is 31.0 Å². The Morgan fingerprint density at radius 3 is 2.75 bits per heavy atom. The first kappa shape index (κ1) is 15.1. The lowest BCUT2D eigenvalue weighted by Crippen LogP contribution is -2.30. The molecule has 1 N–H and O–H groups in total. The maximum atomic E-state index is 6.28. The number of nitrogens with zero attached hydrogens (tertiary/aromatic N) is 1. The summed E-state index contributed by atoms with van der Waals surface area (Å²) < 4.78 is 11.4. The fraction of sp³-hybridized carbons (Fsp3) is 0.688. The van der Waals surface area contributed by atoms with Gasteiger partial charge in [-0.25, -0.2) is 4.98 Å². The van der Waals surface area contributed by atoms with Crippen molar-refractivity contribution in [1.82, 2.24) is 10.3 Å². The van der Waals surface area contributed by atoms with Crippen LogP contribution in [0.3, 0.4) is 0 Å². The van der Waals surface area contributed by atoms with E-state index < -0.39 is 0 Å². The standard InChI is InChI=1S/C16H26N2O2/c1-11(2)9-15(13-7-8-17-10-13)20-14-5-6-16(19-4)18-12(14)3/h5-6,11,13,15,17H,7-10H2,1-4H3/t13-,15+/m0/s1. The Kier molecular flexibility index (Phi) is 5.24. The van der Waals surface area contributed by atoms with Gasteiger partial charge in [-0.3, -0.25) is 0 Å². The van der Waals surface area contributed by atoms with E-state index in [1.165, 1.54) is 6.42 Å². The Balaban J connectivity index is 2.10. The van der Waals surface area contributed by atoms with Gasteiger partial charge in [-0.05, 0) is 38.3 Å². The van der Waals surface area contributed by atoms with Gasteiger partial charge in [0.05, 0.1) is 12.8 Å². The molecular weight excluding hydrogens is 252 g/mol. The van der Waals surface area contributed by atoms with Gasteiger partial charge in [0.15, 0.2) is 0 Å². The second kappa shape index (κ2) is 6.93. The smallest absolute Gasteiger partial charge is 0.213 e. The van der Waals surface area contributed by atoms with E-state index in [-0.39, 0.29) is 6.10 Å². The quantitative estimate of drug-likeness (QED) is 0.869. The van der Waals surface area contributed by atoms with Crippen molar-refractivity contribution in [2.75, 3.05) is 20.2 Å². The molecule has 0 amide bonds.